The number of unbranched alkanes of at least 4 members (excludes halogenated alkanes) is 2. The minimum atomic E-state index is -0.560. The highest BCUT2D eigenvalue weighted by molar-refractivity contribution is 6.28. The zero-order chi connectivity index (χ0) is 23.1. The van der Waals surface area contributed by atoms with Crippen LogP contribution < -0.4 is 10.6 Å². The molecule has 0 unspecified atom stereocenters. The van der Waals surface area contributed by atoms with Gasteiger partial charge in [-0.25, -0.2) is 4.79 Å². The van der Waals surface area contributed by atoms with Crippen LogP contribution in [0.25, 0.3) is 0 Å². The van der Waals surface area contributed by atoms with Gasteiger partial charge < -0.3 is 15.4 Å². The van der Waals surface area contributed by atoms with Gasteiger partial charge >= 0.3 is 5.97 Å². The summed E-state index contributed by atoms with van der Waals surface area (Å²) in [5.74, 6) is -1.60. The fourth-order valence-corrected chi connectivity index (χ4v) is 3.37. The molecule has 3 rings (SSSR count). The molecule has 2 aromatic carbocycles. The highest BCUT2D eigenvalue weighted by Crippen LogP contribution is 2.28. The zero-order valence-corrected chi connectivity index (χ0v) is 17.7. The third-order valence-corrected chi connectivity index (χ3v) is 5.04. The minimum Gasteiger partial charge on any atom is -0.462 e. The van der Waals surface area contributed by atoms with Gasteiger partial charge in [0.05, 0.1) is 18.7 Å². The molecule has 0 fully saturated rings. The van der Waals surface area contributed by atoms with Crippen LogP contribution in [0.3, 0.4) is 0 Å². The second-order valence-electron chi connectivity index (χ2n) is 7.42. The van der Waals surface area contributed by atoms with Gasteiger partial charge in [0, 0.05) is 35.7 Å². The molecule has 1 aliphatic rings. The van der Waals surface area contributed by atoms with Crippen molar-refractivity contribution < 1.29 is 28.7 Å². The first-order valence-electron chi connectivity index (χ1n) is 10.4. The molecular weight excluding hydrogens is 412 g/mol. The first-order valence-corrected chi connectivity index (χ1v) is 10.4. The molecular formula is C24H24N2O6. The summed E-state index contributed by atoms with van der Waals surface area (Å²) in [6, 6.07) is 11.0. The normalized spacial score (nSPS) is 11.9. The lowest BCUT2D eigenvalue weighted by atomic mass is 9.83. The molecule has 0 aliphatic heterocycles. The smallest absolute Gasteiger partial charge is 0.338 e. The monoisotopic (exact) mass is 436 g/mol. The molecule has 0 bridgehead atoms. The molecule has 0 radical (unpaired) electrons. The minimum absolute atomic E-state index is 0.0482. The lowest BCUT2D eigenvalue weighted by Gasteiger charge is -2.17. The van der Waals surface area contributed by atoms with E-state index in [9.17, 15) is 24.0 Å². The molecule has 2 N–H and O–H groups in total. The van der Waals surface area contributed by atoms with Crippen LogP contribution in [0.15, 0.2) is 42.5 Å². The number of fused-ring (bicyclic) bond motifs is 2. The molecule has 0 aromatic heterocycles. The van der Waals surface area contributed by atoms with Crippen molar-refractivity contribution in [3.05, 3.63) is 70.3 Å². The Bertz CT molecular complexity index is 1080. The summed E-state index contributed by atoms with van der Waals surface area (Å²) in [7, 11) is 0. The van der Waals surface area contributed by atoms with E-state index in [1.54, 1.807) is 24.3 Å². The van der Waals surface area contributed by atoms with Crippen molar-refractivity contribution in [2.45, 2.75) is 26.2 Å². The molecule has 0 saturated carbocycles. The summed E-state index contributed by atoms with van der Waals surface area (Å²) in [5.41, 5.74) is 1.41. The highest BCUT2D eigenvalue weighted by atomic mass is 16.5. The van der Waals surface area contributed by atoms with E-state index in [1.165, 1.54) is 25.1 Å². The maximum absolute atomic E-state index is 12.8. The molecule has 8 heteroatoms. The van der Waals surface area contributed by atoms with Gasteiger partial charge in [0.25, 0.3) is 0 Å². The van der Waals surface area contributed by atoms with Crippen LogP contribution in [0.1, 0.15) is 68.4 Å². The number of carbonyl (C=O) groups is 5. The first-order chi connectivity index (χ1) is 15.4. The molecule has 1 aliphatic carbocycles. The van der Waals surface area contributed by atoms with Crippen molar-refractivity contribution in [1.82, 2.24) is 10.6 Å². The van der Waals surface area contributed by atoms with E-state index in [4.69, 9.17) is 4.74 Å². The number of nitrogens with one attached hydrogen (secondary N) is 2. The third kappa shape index (κ3) is 5.46. The van der Waals surface area contributed by atoms with Crippen LogP contribution in [-0.2, 0) is 14.3 Å². The Labute approximate surface area is 185 Å². The summed E-state index contributed by atoms with van der Waals surface area (Å²) >= 11 is 0. The second kappa shape index (κ2) is 10.5. The number of hydrogen-bond acceptors (Lipinski definition) is 6. The van der Waals surface area contributed by atoms with E-state index in [0.29, 0.717) is 30.5 Å². The predicted molar refractivity (Wildman–Crippen MR) is 116 cm³/mol. The Morgan fingerprint density at radius 2 is 1.47 bits per heavy atom. The molecule has 0 atom stereocenters. The standard InChI is InChI=1S/C24H24N2O6/c1-15(27)26-14-21(28)25-11-5-2-6-12-32-24(31)16-9-10-19-20(13-16)23(30)18-8-4-3-7-17(18)22(19)29/h3-4,7-10,13H,2,5-6,11-12,14H2,1H3,(H,25,28)(H,26,27). The van der Waals surface area contributed by atoms with Crippen LogP contribution in [0.5, 0.6) is 0 Å². The van der Waals surface area contributed by atoms with Crippen LogP contribution in [-0.4, -0.2) is 49.0 Å². The van der Waals surface area contributed by atoms with Crippen LogP contribution in [0.4, 0.5) is 0 Å². The molecule has 166 valence electrons. The van der Waals surface area contributed by atoms with Crippen molar-refractivity contribution >= 4 is 29.4 Å². The zero-order valence-electron chi connectivity index (χ0n) is 17.7. The van der Waals surface area contributed by atoms with Crippen LogP contribution in [0, 0.1) is 0 Å². The van der Waals surface area contributed by atoms with Crippen molar-refractivity contribution in [3.63, 3.8) is 0 Å². The topological polar surface area (TPSA) is 119 Å². The van der Waals surface area contributed by atoms with Gasteiger partial charge in [-0.05, 0) is 37.5 Å². The molecule has 32 heavy (non-hydrogen) atoms. The van der Waals surface area contributed by atoms with Crippen molar-refractivity contribution in [1.29, 1.82) is 0 Å². The van der Waals surface area contributed by atoms with Gasteiger partial charge in [-0.15, -0.1) is 0 Å². The van der Waals surface area contributed by atoms with Gasteiger partial charge in [0.2, 0.25) is 11.8 Å². The average molecular weight is 436 g/mol. The lowest BCUT2D eigenvalue weighted by Crippen LogP contribution is -2.36. The van der Waals surface area contributed by atoms with Gasteiger partial charge in [-0.1, -0.05) is 24.3 Å². The Hall–Kier alpha value is -3.81. The van der Waals surface area contributed by atoms with Crippen molar-refractivity contribution in [2.24, 2.45) is 0 Å². The fraction of sp³-hybridized carbons (Fsp3) is 0.292. The number of rotatable bonds is 9. The summed E-state index contributed by atoms with van der Waals surface area (Å²) < 4.78 is 5.27. The summed E-state index contributed by atoms with van der Waals surface area (Å²) in [4.78, 5) is 59.9. The largest absolute Gasteiger partial charge is 0.462 e. The van der Waals surface area contributed by atoms with Gasteiger partial charge in [0.1, 0.15) is 0 Å². The van der Waals surface area contributed by atoms with Crippen LogP contribution >= 0.6 is 0 Å². The Kier molecular flexibility index (Phi) is 7.49. The summed E-state index contributed by atoms with van der Waals surface area (Å²) in [6.45, 7) is 1.96. The Balaban J connectivity index is 1.45. The number of hydrogen-bond donors (Lipinski definition) is 2. The fourth-order valence-electron chi connectivity index (χ4n) is 3.37. The van der Waals surface area contributed by atoms with E-state index in [0.717, 1.165) is 6.42 Å². The number of carbonyl (C=O) groups excluding carboxylic acids is 5. The SMILES string of the molecule is CC(=O)NCC(=O)NCCCCCOC(=O)c1ccc2c(c1)C(=O)c1ccccc1C2=O. The van der Waals surface area contributed by atoms with Crippen LogP contribution in [0.2, 0.25) is 0 Å². The number of esters is 1. The molecule has 2 aromatic rings. The number of amides is 2. The van der Waals surface area contributed by atoms with E-state index in [2.05, 4.69) is 10.6 Å². The summed E-state index contributed by atoms with van der Waals surface area (Å²) in [5, 5.41) is 5.10. The molecule has 0 spiro atoms. The van der Waals surface area contributed by atoms with E-state index < -0.39 is 5.97 Å². The second-order valence-corrected chi connectivity index (χ2v) is 7.42. The number of ketones is 2. The Morgan fingerprint density at radius 3 is 2.16 bits per heavy atom. The maximum atomic E-state index is 12.8. The third-order valence-electron chi connectivity index (χ3n) is 5.04. The molecule has 0 heterocycles. The van der Waals surface area contributed by atoms with E-state index >= 15 is 0 Å². The lowest BCUT2D eigenvalue weighted by molar-refractivity contribution is -0.125. The number of ether oxygens (including phenoxy) is 1. The maximum Gasteiger partial charge on any atom is 0.338 e. The van der Waals surface area contributed by atoms with Crippen molar-refractivity contribution in [3.8, 4) is 0 Å². The van der Waals surface area contributed by atoms with Crippen molar-refractivity contribution in [2.75, 3.05) is 19.7 Å². The van der Waals surface area contributed by atoms with Gasteiger partial charge in [-0.3, -0.25) is 19.2 Å². The molecule has 0 saturated heterocycles. The highest BCUT2D eigenvalue weighted by Gasteiger charge is 2.30. The first kappa shape index (κ1) is 22.9. The molecule has 2 amide bonds. The van der Waals surface area contributed by atoms with Gasteiger partial charge in [0.15, 0.2) is 11.6 Å². The predicted octanol–water partition coefficient (Wildman–Crippen LogP) is 2.04. The van der Waals surface area contributed by atoms with E-state index in [1.807, 2.05) is 0 Å². The number of benzene rings is 2. The Morgan fingerprint density at radius 1 is 0.812 bits per heavy atom. The van der Waals surface area contributed by atoms with Gasteiger partial charge in [-0.2, -0.15) is 0 Å². The summed E-state index contributed by atoms with van der Waals surface area (Å²) in [6.07, 6.45) is 2.06. The average Bonchev–Trinajstić information content (AvgIpc) is 2.80. The quantitative estimate of drug-likeness (QED) is 0.391. The van der Waals surface area contributed by atoms with E-state index in [-0.39, 0.29) is 53.2 Å². The molecule has 8 nitrogen and oxygen atoms in total.